The number of nitrogens with zero attached hydrogens (tertiary/aromatic N) is 1. The van der Waals surface area contributed by atoms with Gasteiger partial charge in [0.2, 0.25) is 5.91 Å². The number of carboxylic acids is 1. The zero-order valence-electron chi connectivity index (χ0n) is 16.5. The van der Waals surface area contributed by atoms with E-state index in [-0.39, 0.29) is 17.2 Å². The van der Waals surface area contributed by atoms with Gasteiger partial charge in [-0.15, -0.1) is 0 Å². The van der Waals surface area contributed by atoms with Crippen molar-refractivity contribution in [1.82, 2.24) is 4.90 Å². The molecule has 1 fully saturated rings. The van der Waals surface area contributed by atoms with Crippen molar-refractivity contribution < 1.29 is 19.1 Å². The van der Waals surface area contributed by atoms with Crippen molar-refractivity contribution in [2.45, 2.75) is 38.8 Å². The van der Waals surface area contributed by atoms with Gasteiger partial charge in [0.1, 0.15) is 5.82 Å². The molecule has 1 aliphatic heterocycles. The predicted molar refractivity (Wildman–Crippen MR) is 111 cm³/mol. The summed E-state index contributed by atoms with van der Waals surface area (Å²) in [5.74, 6) is -1.52. The van der Waals surface area contributed by atoms with Crippen LogP contribution >= 0.6 is 0 Å². The average molecular weight is 399 g/mol. The molecule has 6 nitrogen and oxygen atoms in total. The first-order valence-electron chi connectivity index (χ1n) is 9.82. The van der Waals surface area contributed by atoms with Crippen LogP contribution in [-0.4, -0.2) is 41.0 Å². The fraction of sp³-hybridized carbons (Fsp3) is 0.364. The lowest BCUT2D eigenvalue weighted by molar-refractivity contribution is -0.118. The molecule has 2 aromatic rings. The first kappa shape index (κ1) is 20.8. The van der Waals surface area contributed by atoms with E-state index in [2.05, 4.69) is 22.5 Å². The molecule has 0 spiro atoms. The first-order chi connectivity index (χ1) is 13.9. The Hall–Kier alpha value is -2.93. The predicted octanol–water partition coefficient (Wildman–Crippen LogP) is 3.95. The normalized spacial score (nSPS) is 17.0. The van der Waals surface area contributed by atoms with Crippen molar-refractivity contribution in [2.75, 3.05) is 23.7 Å². The van der Waals surface area contributed by atoms with Crippen LogP contribution in [0.15, 0.2) is 42.5 Å². The number of nitrogens with one attached hydrogen (secondary N) is 2. The molecule has 0 radical (unpaired) electrons. The number of hydrogen-bond donors (Lipinski definition) is 3. The Morgan fingerprint density at radius 1 is 1.17 bits per heavy atom. The average Bonchev–Trinajstić information content (AvgIpc) is 2.70. The number of benzene rings is 2. The van der Waals surface area contributed by atoms with Gasteiger partial charge in [0, 0.05) is 18.3 Å². The monoisotopic (exact) mass is 399 g/mol. The molecule has 0 aromatic heterocycles. The van der Waals surface area contributed by atoms with Gasteiger partial charge in [0.05, 0.1) is 17.8 Å². The van der Waals surface area contributed by atoms with Gasteiger partial charge in [-0.2, -0.15) is 0 Å². The molecule has 3 rings (SSSR count). The largest absolute Gasteiger partial charge is 0.478 e. The molecule has 3 N–H and O–H groups in total. The summed E-state index contributed by atoms with van der Waals surface area (Å²) in [6.07, 6.45) is 3.41. The Morgan fingerprint density at radius 2 is 1.93 bits per heavy atom. The van der Waals surface area contributed by atoms with Crippen LogP contribution in [0.2, 0.25) is 0 Å². The molecule has 1 saturated heterocycles. The molecule has 1 unspecified atom stereocenters. The van der Waals surface area contributed by atoms with Gasteiger partial charge in [0.25, 0.3) is 0 Å². The number of likely N-dealkylation sites (tertiary alicyclic amines) is 1. The van der Waals surface area contributed by atoms with E-state index in [1.165, 1.54) is 24.6 Å². The number of carbonyl (C=O) groups excluding carboxylic acids is 1. The molecule has 154 valence electrons. The van der Waals surface area contributed by atoms with Crippen molar-refractivity contribution >= 4 is 23.3 Å². The third-order valence-electron chi connectivity index (χ3n) is 5.22. The van der Waals surface area contributed by atoms with Gasteiger partial charge in [0.15, 0.2) is 0 Å². The fourth-order valence-corrected chi connectivity index (χ4v) is 3.48. The lowest BCUT2D eigenvalue weighted by Crippen LogP contribution is -2.42. The molecule has 1 heterocycles. The number of carbonyl (C=O) groups is 2. The highest BCUT2D eigenvalue weighted by atomic mass is 19.1. The van der Waals surface area contributed by atoms with E-state index in [1.807, 2.05) is 0 Å². The molecule has 0 saturated carbocycles. The van der Waals surface area contributed by atoms with E-state index in [0.717, 1.165) is 24.9 Å². The van der Waals surface area contributed by atoms with Crippen LogP contribution in [0.5, 0.6) is 0 Å². The summed E-state index contributed by atoms with van der Waals surface area (Å²) in [5.41, 5.74) is 1.83. The second kappa shape index (κ2) is 9.52. The molecule has 0 aliphatic carbocycles. The molecule has 1 aliphatic rings. The number of carboxylic acid groups (broad SMARTS) is 1. The Bertz CT molecular complexity index is 870. The number of halogens is 1. The summed E-state index contributed by atoms with van der Waals surface area (Å²) < 4.78 is 14.1. The van der Waals surface area contributed by atoms with Crippen molar-refractivity contribution in [3.63, 3.8) is 0 Å². The number of aromatic carboxylic acids is 1. The molecule has 1 atom stereocenters. The number of anilines is 2. The van der Waals surface area contributed by atoms with Gasteiger partial charge in [-0.05, 0) is 62.2 Å². The Balaban J connectivity index is 1.58. The van der Waals surface area contributed by atoms with Crippen LogP contribution in [0.4, 0.5) is 15.8 Å². The van der Waals surface area contributed by atoms with Crippen LogP contribution in [0, 0.1) is 5.82 Å². The minimum Gasteiger partial charge on any atom is -0.478 e. The molecular formula is C22H26FN3O3. The number of piperidine rings is 1. The summed E-state index contributed by atoms with van der Waals surface area (Å²) in [7, 11) is 0. The zero-order valence-corrected chi connectivity index (χ0v) is 16.5. The van der Waals surface area contributed by atoms with E-state index in [1.54, 1.807) is 24.3 Å². The highest BCUT2D eigenvalue weighted by molar-refractivity contribution is 5.92. The minimum absolute atomic E-state index is 0.111. The van der Waals surface area contributed by atoms with Gasteiger partial charge < -0.3 is 15.7 Å². The molecular weight excluding hydrogens is 373 g/mol. The minimum atomic E-state index is -0.988. The Kier molecular flexibility index (Phi) is 6.82. The van der Waals surface area contributed by atoms with Gasteiger partial charge in [-0.1, -0.05) is 18.6 Å². The van der Waals surface area contributed by atoms with Crippen LogP contribution in [-0.2, 0) is 11.3 Å². The Labute approximate surface area is 169 Å². The van der Waals surface area contributed by atoms with Crippen LogP contribution in [0.1, 0.15) is 42.1 Å². The number of hydrogen-bond acceptors (Lipinski definition) is 4. The maximum Gasteiger partial charge on any atom is 0.335 e. The fourth-order valence-electron chi connectivity index (χ4n) is 3.48. The molecule has 0 bridgehead atoms. The summed E-state index contributed by atoms with van der Waals surface area (Å²) in [4.78, 5) is 25.4. The molecule has 29 heavy (non-hydrogen) atoms. The summed E-state index contributed by atoms with van der Waals surface area (Å²) >= 11 is 0. The van der Waals surface area contributed by atoms with Crippen molar-refractivity contribution in [3.05, 3.63) is 59.4 Å². The van der Waals surface area contributed by atoms with Gasteiger partial charge >= 0.3 is 5.97 Å². The van der Waals surface area contributed by atoms with E-state index < -0.39 is 11.8 Å². The molecule has 1 amide bonds. The van der Waals surface area contributed by atoms with Crippen molar-refractivity contribution in [2.24, 2.45) is 0 Å². The Morgan fingerprint density at radius 3 is 2.62 bits per heavy atom. The smallest absolute Gasteiger partial charge is 0.335 e. The first-order valence-corrected chi connectivity index (χ1v) is 9.82. The van der Waals surface area contributed by atoms with Crippen LogP contribution in [0.25, 0.3) is 0 Å². The standard InChI is InChI=1S/C22H26FN3O3/c1-15-4-2-3-11-26(15)14-21(27)25-18-9-10-19(23)20(12-18)24-13-16-5-7-17(8-6-16)22(28)29/h5-10,12,15,24H,2-4,11,13-14H2,1H3,(H,25,27)(H,28,29). The topological polar surface area (TPSA) is 81.7 Å². The highest BCUT2D eigenvalue weighted by Gasteiger charge is 2.20. The van der Waals surface area contributed by atoms with E-state index in [4.69, 9.17) is 5.11 Å². The summed E-state index contributed by atoms with van der Waals surface area (Å²) in [6, 6.07) is 11.2. The number of amides is 1. The highest BCUT2D eigenvalue weighted by Crippen LogP contribution is 2.21. The zero-order chi connectivity index (χ0) is 20.8. The second-order valence-electron chi connectivity index (χ2n) is 7.41. The van der Waals surface area contributed by atoms with Crippen LogP contribution < -0.4 is 10.6 Å². The van der Waals surface area contributed by atoms with E-state index in [9.17, 15) is 14.0 Å². The second-order valence-corrected chi connectivity index (χ2v) is 7.41. The third kappa shape index (κ3) is 5.77. The van der Waals surface area contributed by atoms with Gasteiger partial charge in [-0.25, -0.2) is 9.18 Å². The van der Waals surface area contributed by atoms with E-state index in [0.29, 0.717) is 24.8 Å². The molecule has 2 aromatic carbocycles. The third-order valence-corrected chi connectivity index (χ3v) is 5.22. The van der Waals surface area contributed by atoms with Crippen molar-refractivity contribution in [1.29, 1.82) is 0 Å². The van der Waals surface area contributed by atoms with Gasteiger partial charge in [-0.3, -0.25) is 9.69 Å². The summed E-state index contributed by atoms with van der Waals surface area (Å²) in [5, 5.41) is 14.8. The quantitative estimate of drug-likeness (QED) is 0.657. The lowest BCUT2D eigenvalue weighted by Gasteiger charge is -2.32. The molecule has 7 heteroatoms. The van der Waals surface area contributed by atoms with Crippen molar-refractivity contribution in [3.8, 4) is 0 Å². The maximum atomic E-state index is 14.1. The number of rotatable bonds is 7. The maximum absolute atomic E-state index is 14.1. The van der Waals surface area contributed by atoms with E-state index >= 15 is 0 Å². The lowest BCUT2D eigenvalue weighted by atomic mass is 10.0. The summed E-state index contributed by atoms with van der Waals surface area (Å²) in [6.45, 7) is 3.72. The van der Waals surface area contributed by atoms with Crippen LogP contribution in [0.3, 0.4) is 0 Å². The SMILES string of the molecule is CC1CCCCN1CC(=O)Nc1ccc(F)c(NCc2ccc(C(=O)O)cc2)c1.